The molecule has 0 radical (unpaired) electrons. The number of amides is 1. The van der Waals surface area contributed by atoms with Crippen molar-refractivity contribution in [2.75, 3.05) is 5.32 Å². The summed E-state index contributed by atoms with van der Waals surface area (Å²) in [5, 5.41) is 3.09. The summed E-state index contributed by atoms with van der Waals surface area (Å²) in [7, 11) is 0. The van der Waals surface area contributed by atoms with Crippen molar-refractivity contribution in [3.63, 3.8) is 0 Å². The number of anilines is 1. The predicted octanol–water partition coefficient (Wildman–Crippen LogP) is 4.29. The number of benzene rings is 1. The van der Waals surface area contributed by atoms with Crippen LogP contribution in [0, 0.1) is 24.6 Å². The summed E-state index contributed by atoms with van der Waals surface area (Å²) in [5.41, 5.74) is 3.33. The summed E-state index contributed by atoms with van der Waals surface area (Å²) in [6.07, 6.45) is 7.21. The molecule has 3 aromatic rings. The topological polar surface area (TPSA) is 67.8 Å². The van der Waals surface area contributed by atoms with Gasteiger partial charge in [0.2, 0.25) is 5.91 Å². The van der Waals surface area contributed by atoms with Gasteiger partial charge in [0.15, 0.2) is 11.6 Å². The van der Waals surface area contributed by atoms with Crippen molar-refractivity contribution in [2.24, 2.45) is 11.8 Å². The van der Waals surface area contributed by atoms with E-state index in [-0.39, 0.29) is 17.2 Å². The normalized spacial score (nSPS) is 24.8. The molecule has 3 atom stereocenters. The summed E-state index contributed by atoms with van der Waals surface area (Å²) in [4.78, 5) is 25.9. The van der Waals surface area contributed by atoms with Gasteiger partial charge in [-0.1, -0.05) is 12.1 Å². The van der Waals surface area contributed by atoms with E-state index < -0.39 is 5.82 Å². The molecule has 3 unspecified atom stereocenters. The number of pyridine rings is 1. The van der Waals surface area contributed by atoms with Crippen molar-refractivity contribution in [2.45, 2.75) is 31.6 Å². The molecule has 0 spiro atoms. The molecule has 1 amide bonds. The molecule has 5 nitrogen and oxygen atoms in total. The Morgan fingerprint density at radius 1 is 1.17 bits per heavy atom. The van der Waals surface area contributed by atoms with Crippen LogP contribution in [-0.4, -0.2) is 20.9 Å². The van der Waals surface area contributed by atoms with Crippen molar-refractivity contribution < 1.29 is 9.18 Å². The molecule has 29 heavy (non-hydrogen) atoms. The maximum Gasteiger partial charge on any atom is 0.228 e. The number of rotatable bonds is 4. The quantitative estimate of drug-likeness (QED) is 0.724. The van der Waals surface area contributed by atoms with Crippen molar-refractivity contribution in [3.05, 3.63) is 72.1 Å². The number of fused-ring (bicyclic) bond motifs is 1. The Hall–Kier alpha value is -3.15. The maximum absolute atomic E-state index is 13.2. The summed E-state index contributed by atoms with van der Waals surface area (Å²) < 4.78 is 13.2. The van der Waals surface area contributed by atoms with Gasteiger partial charge >= 0.3 is 0 Å². The highest BCUT2D eigenvalue weighted by atomic mass is 19.1. The van der Waals surface area contributed by atoms with Crippen molar-refractivity contribution >= 4 is 11.6 Å². The lowest BCUT2D eigenvalue weighted by Gasteiger charge is -2.46. The average molecular weight is 388 g/mol. The molecule has 3 aliphatic carbocycles. The van der Waals surface area contributed by atoms with Crippen LogP contribution in [0.4, 0.5) is 10.1 Å². The first-order chi connectivity index (χ1) is 14.1. The van der Waals surface area contributed by atoms with Gasteiger partial charge in [-0.15, -0.1) is 0 Å². The minimum atomic E-state index is -0.476. The monoisotopic (exact) mass is 388 g/mol. The average Bonchev–Trinajstić information content (AvgIpc) is 3.32. The first kappa shape index (κ1) is 17.9. The van der Waals surface area contributed by atoms with Gasteiger partial charge in [0.1, 0.15) is 0 Å². The highest BCUT2D eigenvalue weighted by Crippen LogP contribution is 2.63. The van der Waals surface area contributed by atoms with Gasteiger partial charge in [0.05, 0.1) is 18.3 Å². The standard InChI is InChI=1S/C23H21FN4O/c1-14-5-6-17(10-18(14)21-26-12-16(24)13-27-21)28-22(29)20-15-7-8-23(20,11-15)19-4-2-3-9-25-19/h2-6,9-10,12-13,15,20H,7-8,11H2,1H3,(H,28,29). The second-order valence-electron chi connectivity index (χ2n) is 8.10. The molecule has 3 saturated carbocycles. The van der Waals surface area contributed by atoms with Crippen LogP contribution >= 0.6 is 0 Å². The Bertz CT molecular complexity index is 1070. The summed E-state index contributed by atoms with van der Waals surface area (Å²) in [6, 6.07) is 11.6. The summed E-state index contributed by atoms with van der Waals surface area (Å²) in [5.74, 6) is 0.371. The van der Waals surface area contributed by atoms with Crippen molar-refractivity contribution in [1.82, 2.24) is 15.0 Å². The van der Waals surface area contributed by atoms with E-state index in [0.717, 1.165) is 48.5 Å². The van der Waals surface area contributed by atoms with Crippen LogP contribution < -0.4 is 5.32 Å². The van der Waals surface area contributed by atoms with E-state index in [2.05, 4.69) is 20.3 Å². The summed E-state index contributed by atoms with van der Waals surface area (Å²) in [6.45, 7) is 1.94. The molecule has 1 N–H and O–H groups in total. The molecule has 0 saturated heterocycles. The molecule has 6 rings (SSSR count). The van der Waals surface area contributed by atoms with Gasteiger partial charge < -0.3 is 5.32 Å². The molecular weight excluding hydrogens is 367 g/mol. The fourth-order valence-electron chi connectivity index (χ4n) is 5.10. The minimum Gasteiger partial charge on any atom is -0.326 e. The number of carbonyl (C=O) groups is 1. The highest BCUT2D eigenvalue weighted by molar-refractivity contribution is 5.95. The highest BCUT2D eigenvalue weighted by Gasteiger charge is 2.63. The Kier molecular flexibility index (Phi) is 4.15. The molecule has 2 aromatic heterocycles. The molecule has 3 fully saturated rings. The van der Waals surface area contributed by atoms with Crippen molar-refractivity contribution in [3.8, 4) is 11.4 Å². The third-order valence-corrected chi connectivity index (χ3v) is 6.48. The van der Waals surface area contributed by atoms with E-state index in [4.69, 9.17) is 0 Å². The second kappa shape index (κ2) is 6.72. The SMILES string of the molecule is Cc1ccc(NC(=O)C2C3CCC2(c2ccccn2)C3)cc1-c1ncc(F)cn1. The Labute approximate surface area is 168 Å². The zero-order chi connectivity index (χ0) is 20.0. The second-order valence-corrected chi connectivity index (χ2v) is 8.10. The molecular formula is C23H21FN4O. The molecule has 2 bridgehead atoms. The zero-order valence-corrected chi connectivity index (χ0v) is 16.1. The van der Waals surface area contributed by atoms with E-state index in [1.54, 1.807) is 6.20 Å². The number of halogens is 1. The van der Waals surface area contributed by atoms with Gasteiger partial charge in [-0.05, 0) is 61.9 Å². The summed E-state index contributed by atoms with van der Waals surface area (Å²) >= 11 is 0. The smallest absolute Gasteiger partial charge is 0.228 e. The Morgan fingerprint density at radius 2 is 2.00 bits per heavy atom. The fraction of sp³-hybridized carbons (Fsp3) is 0.304. The van der Waals surface area contributed by atoms with E-state index in [1.807, 2.05) is 43.3 Å². The number of hydrogen-bond donors (Lipinski definition) is 1. The number of carbonyl (C=O) groups excluding carboxylic acids is 1. The molecule has 3 aliphatic rings. The molecule has 0 aliphatic heterocycles. The van der Waals surface area contributed by atoms with Gasteiger partial charge in [-0.3, -0.25) is 9.78 Å². The van der Waals surface area contributed by atoms with Crippen molar-refractivity contribution in [1.29, 1.82) is 0 Å². The lowest BCUT2D eigenvalue weighted by Crippen LogP contribution is -2.50. The van der Waals surface area contributed by atoms with Crippen LogP contribution in [0.25, 0.3) is 11.4 Å². The number of nitrogens with one attached hydrogen (secondary N) is 1. The van der Waals surface area contributed by atoms with Crippen LogP contribution in [0.2, 0.25) is 0 Å². The van der Waals surface area contributed by atoms with E-state index in [0.29, 0.717) is 17.4 Å². The first-order valence-corrected chi connectivity index (χ1v) is 9.88. The number of aryl methyl sites for hydroxylation is 1. The first-order valence-electron chi connectivity index (χ1n) is 9.88. The minimum absolute atomic E-state index is 0.0410. The van der Waals surface area contributed by atoms with Crippen LogP contribution in [0.5, 0.6) is 0 Å². The fourth-order valence-corrected chi connectivity index (χ4v) is 5.10. The predicted molar refractivity (Wildman–Crippen MR) is 108 cm³/mol. The van der Waals surface area contributed by atoms with E-state index in [1.165, 1.54) is 0 Å². The van der Waals surface area contributed by atoms with E-state index in [9.17, 15) is 9.18 Å². The Balaban J connectivity index is 1.40. The molecule has 1 aromatic carbocycles. The largest absolute Gasteiger partial charge is 0.326 e. The van der Waals surface area contributed by atoms with Gasteiger partial charge in [0, 0.05) is 28.6 Å². The van der Waals surface area contributed by atoms with E-state index >= 15 is 0 Å². The van der Waals surface area contributed by atoms with Gasteiger partial charge in [0.25, 0.3) is 0 Å². The number of aromatic nitrogens is 3. The number of hydrogen-bond acceptors (Lipinski definition) is 4. The van der Waals surface area contributed by atoms with Gasteiger partial charge in [-0.2, -0.15) is 0 Å². The van der Waals surface area contributed by atoms with Crippen LogP contribution in [-0.2, 0) is 10.2 Å². The Morgan fingerprint density at radius 3 is 2.72 bits per heavy atom. The van der Waals surface area contributed by atoms with Crippen LogP contribution in [0.3, 0.4) is 0 Å². The lowest BCUT2D eigenvalue weighted by molar-refractivity contribution is -0.127. The molecule has 6 heteroatoms. The van der Waals surface area contributed by atoms with Gasteiger partial charge in [-0.25, -0.2) is 14.4 Å². The molecule has 146 valence electrons. The third-order valence-electron chi connectivity index (χ3n) is 6.48. The van der Waals surface area contributed by atoms with Crippen LogP contribution in [0.1, 0.15) is 30.5 Å². The zero-order valence-electron chi connectivity index (χ0n) is 16.1. The van der Waals surface area contributed by atoms with Crippen LogP contribution in [0.15, 0.2) is 55.0 Å². The maximum atomic E-state index is 13.2. The lowest BCUT2D eigenvalue weighted by atomic mass is 9.58. The number of nitrogens with zero attached hydrogens (tertiary/aromatic N) is 3. The molecule has 2 heterocycles. The third kappa shape index (κ3) is 2.90.